The molecule has 0 saturated heterocycles. The Morgan fingerprint density at radius 1 is 1.37 bits per heavy atom. The third-order valence-corrected chi connectivity index (χ3v) is 4.25. The van der Waals surface area contributed by atoms with Crippen molar-refractivity contribution in [2.45, 2.75) is 44.2 Å². The number of nitrogens with one attached hydrogen (secondary N) is 1. The van der Waals surface area contributed by atoms with E-state index >= 15 is 0 Å². The van der Waals surface area contributed by atoms with Gasteiger partial charge in [0.1, 0.15) is 6.04 Å². The highest BCUT2D eigenvalue weighted by Crippen LogP contribution is 2.34. The summed E-state index contributed by atoms with van der Waals surface area (Å²) in [6.45, 7) is 0.797. The van der Waals surface area contributed by atoms with Crippen molar-refractivity contribution < 1.29 is 14.7 Å². The van der Waals surface area contributed by atoms with Gasteiger partial charge in [-0.1, -0.05) is 0 Å². The van der Waals surface area contributed by atoms with E-state index in [0.717, 1.165) is 25.1 Å². The topological polar surface area (TPSA) is 69.6 Å². The van der Waals surface area contributed by atoms with Gasteiger partial charge in [0.05, 0.1) is 0 Å². The van der Waals surface area contributed by atoms with Gasteiger partial charge in [0, 0.05) is 12.6 Å². The van der Waals surface area contributed by atoms with Gasteiger partial charge < -0.3 is 15.3 Å². The molecule has 0 aromatic rings. The quantitative estimate of drug-likeness (QED) is 0.713. The minimum Gasteiger partial charge on any atom is -0.480 e. The summed E-state index contributed by atoms with van der Waals surface area (Å²) in [5, 5.41) is 11.8. The van der Waals surface area contributed by atoms with E-state index in [9.17, 15) is 9.59 Å². The molecule has 0 bridgehead atoms. The van der Waals surface area contributed by atoms with Crippen LogP contribution in [0.2, 0.25) is 0 Å². The second-order valence-electron chi connectivity index (χ2n) is 5.45. The van der Waals surface area contributed by atoms with E-state index < -0.39 is 12.0 Å². The maximum atomic E-state index is 12.2. The fourth-order valence-electron chi connectivity index (χ4n) is 2.09. The predicted octanol–water partition coefficient (Wildman–Crippen LogP) is 1.78. The van der Waals surface area contributed by atoms with Crippen molar-refractivity contribution in [1.29, 1.82) is 0 Å². The highest BCUT2D eigenvalue weighted by molar-refractivity contribution is 7.98. The van der Waals surface area contributed by atoms with Gasteiger partial charge in [0.15, 0.2) is 0 Å². The summed E-state index contributed by atoms with van der Waals surface area (Å²) in [7, 11) is 0. The van der Waals surface area contributed by atoms with E-state index in [-0.39, 0.29) is 6.03 Å². The van der Waals surface area contributed by atoms with Crippen LogP contribution in [-0.2, 0) is 4.79 Å². The normalized spacial score (nSPS) is 19.8. The molecule has 2 rings (SSSR count). The van der Waals surface area contributed by atoms with Gasteiger partial charge in [0.25, 0.3) is 0 Å². The number of urea groups is 1. The molecule has 2 fully saturated rings. The molecule has 2 aliphatic carbocycles. The summed E-state index contributed by atoms with van der Waals surface area (Å²) < 4.78 is 0. The van der Waals surface area contributed by atoms with Gasteiger partial charge in [-0.05, 0) is 50.0 Å². The third kappa shape index (κ3) is 4.60. The zero-order valence-corrected chi connectivity index (χ0v) is 12.1. The molecule has 0 unspecified atom stereocenters. The van der Waals surface area contributed by atoms with E-state index in [1.807, 2.05) is 11.2 Å². The molecule has 6 heteroatoms. The Labute approximate surface area is 118 Å². The number of aliphatic carboxylic acids is 1. The first kappa shape index (κ1) is 14.5. The SMILES string of the molecule is CSCC[C@H](NC(=O)N(CC1CC1)C1CC1)C(=O)O. The van der Waals surface area contributed by atoms with Crippen molar-refractivity contribution >= 4 is 23.8 Å². The minimum atomic E-state index is -0.940. The second kappa shape index (κ2) is 6.50. The Bertz CT molecular complexity index is 343. The van der Waals surface area contributed by atoms with E-state index in [4.69, 9.17) is 5.11 Å². The lowest BCUT2D eigenvalue weighted by molar-refractivity contribution is -0.139. The van der Waals surface area contributed by atoms with Crippen LogP contribution in [0.5, 0.6) is 0 Å². The van der Waals surface area contributed by atoms with Gasteiger partial charge in [-0.25, -0.2) is 9.59 Å². The van der Waals surface area contributed by atoms with Crippen LogP contribution in [0.3, 0.4) is 0 Å². The van der Waals surface area contributed by atoms with Crippen LogP contribution in [0.25, 0.3) is 0 Å². The van der Waals surface area contributed by atoms with Gasteiger partial charge in [-0.2, -0.15) is 11.8 Å². The molecule has 2 aliphatic rings. The number of rotatable bonds is 8. The van der Waals surface area contributed by atoms with Crippen molar-refractivity contribution in [2.75, 3.05) is 18.6 Å². The highest BCUT2D eigenvalue weighted by atomic mass is 32.2. The fourth-order valence-corrected chi connectivity index (χ4v) is 2.56. The van der Waals surface area contributed by atoms with Gasteiger partial charge in [0.2, 0.25) is 0 Å². The lowest BCUT2D eigenvalue weighted by atomic mass is 10.2. The van der Waals surface area contributed by atoms with Crippen molar-refractivity contribution in [1.82, 2.24) is 10.2 Å². The summed E-state index contributed by atoms with van der Waals surface area (Å²) in [4.78, 5) is 25.2. The summed E-state index contributed by atoms with van der Waals surface area (Å²) in [5.41, 5.74) is 0. The smallest absolute Gasteiger partial charge is 0.326 e. The van der Waals surface area contributed by atoms with Gasteiger partial charge >= 0.3 is 12.0 Å². The molecule has 2 N–H and O–H groups in total. The number of hydrogen-bond acceptors (Lipinski definition) is 3. The third-order valence-electron chi connectivity index (χ3n) is 3.61. The molecule has 1 atom stereocenters. The van der Waals surface area contributed by atoms with Crippen molar-refractivity contribution in [3.05, 3.63) is 0 Å². The summed E-state index contributed by atoms with van der Waals surface area (Å²) in [5.74, 6) is 0.439. The number of carbonyl (C=O) groups excluding carboxylic acids is 1. The lowest BCUT2D eigenvalue weighted by Crippen LogP contribution is -2.49. The van der Waals surface area contributed by atoms with Crippen LogP contribution in [-0.4, -0.2) is 52.6 Å². The van der Waals surface area contributed by atoms with E-state index in [1.165, 1.54) is 12.8 Å². The largest absolute Gasteiger partial charge is 0.480 e. The average Bonchev–Trinajstić information content (AvgIpc) is 3.24. The minimum absolute atomic E-state index is 0.192. The zero-order chi connectivity index (χ0) is 13.8. The van der Waals surface area contributed by atoms with Gasteiger partial charge in [-0.3, -0.25) is 0 Å². The highest BCUT2D eigenvalue weighted by Gasteiger charge is 2.37. The standard InChI is InChI=1S/C13H22N2O3S/c1-19-7-6-11(12(16)17)14-13(18)15(10-4-5-10)8-9-2-3-9/h9-11H,2-8H2,1H3,(H,14,18)(H,16,17)/t11-/m0/s1. The number of thioether (sulfide) groups is 1. The first-order valence-corrected chi connectivity index (χ1v) is 8.30. The molecule has 2 saturated carbocycles. The Kier molecular flexibility index (Phi) is 4.96. The van der Waals surface area contributed by atoms with Gasteiger partial charge in [-0.15, -0.1) is 0 Å². The summed E-state index contributed by atoms with van der Waals surface area (Å²) in [6.07, 6.45) is 6.93. The van der Waals surface area contributed by atoms with E-state index in [1.54, 1.807) is 11.8 Å². The molecule has 2 amide bonds. The monoisotopic (exact) mass is 286 g/mol. The van der Waals surface area contributed by atoms with E-state index in [2.05, 4.69) is 5.32 Å². The van der Waals surface area contributed by atoms with Crippen LogP contribution in [0.15, 0.2) is 0 Å². The van der Waals surface area contributed by atoms with E-state index in [0.29, 0.717) is 18.4 Å². The zero-order valence-electron chi connectivity index (χ0n) is 11.3. The Hall–Kier alpha value is -0.910. The van der Waals surface area contributed by atoms with Crippen LogP contribution >= 0.6 is 11.8 Å². The first-order chi connectivity index (χ1) is 9.11. The van der Waals surface area contributed by atoms with Crippen LogP contribution < -0.4 is 5.32 Å². The number of nitrogens with zero attached hydrogens (tertiary/aromatic N) is 1. The summed E-state index contributed by atoms with van der Waals surface area (Å²) in [6, 6.07) is -0.612. The molecular weight excluding hydrogens is 264 g/mol. The number of carbonyl (C=O) groups is 2. The molecule has 108 valence electrons. The molecular formula is C13H22N2O3S. The first-order valence-electron chi connectivity index (χ1n) is 6.90. The molecule has 19 heavy (non-hydrogen) atoms. The molecule has 0 aromatic heterocycles. The molecule has 5 nitrogen and oxygen atoms in total. The molecule has 0 spiro atoms. The number of carboxylic acid groups (broad SMARTS) is 1. The Balaban J connectivity index is 1.86. The Morgan fingerprint density at radius 3 is 2.53 bits per heavy atom. The maximum Gasteiger partial charge on any atom is 0.326 e. The molecule has 0 heterocycles. The average molecular weight is 286 g/mol. The molecule has 0 radical (unpaired) electrons. The number of hydrogen-bond donors (Lipinski definition) is 2. The fraction of sp³-hybridized carbons (Fsp3) is 0.846. The van der Waals surface area contributed by atoms with Crippen molar-refractivity contribution in [3.8, 4) is 0 Å². The number of amides is 2. The summed E-state index contributed by atoms with van der Waals surface area (Å²) >= 11 is 1.59. The van der Waals surface area contributed by atoms with Crippen LogP contribution in [0.1, 0.15) is 32.1 Å². The lowest BCUT2D eigenvalue weighted by Gasteiger charge is -2.25. The molecule has 0 aromatic carbocycles. The molecule has 0 aliphatic heterocycles. The number of carboxylic acids is 1. The van der Waals surface area contributed by atoms with Crippen LogP contribution in [0.4, 0.5) is 4.79 Å². The van der Waals surface area contributed by atoms with Crippen molar-refractivity contribution in [2.24, 2.45) is 5.92 Å². The predicted molar refractivity (Wildman–Crippen MR) is 75.4 cm³/mol. The maximum absolute atomic E-state index is 12.2. The second-order valence-corrected chi connectivity index (χ2v) is 6.43. The van der Waals surface area contributed by atoms with Crippen molar-refractivity contribution in [3.63, 3.8) is 0 Å². The Morgan fingerprint density at radius 2 is 2.05 bits per heavy atom. The van der Waals surface area contributed by atoms with Crippen LogP contribution in [0, 0.1) is 5.92 Å².